The van der Waals surface area contributed by atoms with E-state index in [1.54, 1.807) is 30.9 Å². The van der Waals surface area contributed by atoms with Crippen LogP contribution in [0.5, 0.6) is 0 Å². The normalized spacial score (nSPS) is 9.16. The van der Waals surface area contributed by atoms with Gasteiger partial charge in [0, 0.05) is 65.0 Å². The molecule has 0 aliphatic carbocycles. The SMILES string of the molecule is [Ir].[Ir].[c-]1ccc[c-]c1-c1ncccn1.[c-]1ccccc1-c1ccccn1.[c-]1ccccc1-c1ccccn1. The van der Waals surface area contributed by atoms with Crippen LogP contribution < -0.4 is 0 Å². The summed E-state index contributed by atoms with van der Waals surface area (Å²) in [6.07, 6.45) is 6.99. The molecule has 0 N–H and O–H groups in total. The van der Waals surface area contributed by atoms with Crippen molar-refractivity contribution in [3.8, 4) is 33.9 Å². The zero-order valence-corrected chi connectivity index (χ0v) is 24.9. The van der Waals surface area contributed by atoms with Crippen molar-refractivity contribution in [1.29, 1.82) is 0 Å². The Balaban J connectivity index is 0.000000195. The summed E-state index contributed by atoms with van der Waals surface area (Å²) in [6, 6.07) is 46.9. The molecule has 0 saturated carbocycles. The van der Waals surface area contributed by atoms with E-state index in [-0.39, 0.29) is 40.2 Å². The summed E-state index contributed by atoms with van der Waals surface area (Å²) in [5.41, 5.74) is 4.82. The Labute approximate surface area is 251 Å². The largest absolute Gasteiger partial charge is 0.333 e. The summed E-state index contributed by atoms with van der Waals surface area (Å²) in [5.74, 6) is 0.665. The summed E-state index contributed by atoms with van der Waals surface area (Å²) in [5, 5.41) is 0. The van der Waals surface area contributed by atoms with Crippen LogP contribution in [-0.2, 0) is 40.2 Å². The van der Waals surface area contributed by atoms with Gasteiger partial charge in [-0.1, -0.05) is 24.3 Å². The molecule has 3 aromatic carbocycles. The molecule has 3 heterocycles. The molecule has 0 spiro atoms. The van der Waals surface area contributed by atoms with Crippen molar-refractivity contribution in [2.75, 3.05) is 0 Å². The molecule has 0 aliphatic heterocycles. The third-order valence-electron chi connectivity index (χ3n) is 4.74. The summed E-state index contributed by atoms with van der Waals surface area (Å²) in [4.78, 5) is 16.6. The summed E-state index contributed by atoms with van der Waals surface area (Å²) in [6.45, 7) is 0. The third kappa shape index (κ3) is 10.0. The monoisotopic (exact) mass is 848 g/mol. The second kappa shape index (κ2) is 17.7. The van der Waals surface area contributed by atoms with Gasteiger partial charge >= 0.3 is 0 Å². The first-order valence-electron chi connectivity index (χ1n) is 11.3. The summed E-state index contributed by atoms with van der Waals surface area (Å²) >= 11 is 0. The fourth-order valence-corrected chi connectivity index (χ4v) is 3.06. The minimum Gasteiger partial charge on any atom is -0.333 e. The van der Waals surface area contributed by atoms with Gasteiger partial charge in [-0.3, -0.25) is 12.1 Å². The first-order chi connectivity index (χ1) is 17.9. The van der Waals surface area contributed by atoms with Crippen LogP contribution in [0.15, 0.2) is 134 Å². The van der Waals surface area contributed by atoms with Gasteiger partial charge < -0.3 is 19.9 Å². The zero-order chi connectivity index (χ0) is 24.7. The fourth-order valence-electron chi connectivity index (χ4n) is 3.06. The van der Waals surface area contributed by atoms with Crippen molar-refractivity contribution in [3.63, 3.8) is 0 Å². The molecule has 6 rings (SSSR count). The van der Waals surface area contributed by atoms with Crippen LogP contribution in [0, 0.1) is 24.3 Å². The maximum Gasteiger partial charge on any atom is 0.0160 e. The van der Waals surface area contributed by atoms with E-state index in [0.717, 1.165) is 28.1 Å². The molecule has 0 fully saturated rings. The van der Waals surface area contributed by atoms with E-state index in [2.05, 4.69) is 44.2 Å². The number of benzene rings is 3. The molecule has 0 saturated heterocycles. The molecule has 6 heteroatoms. The van der Waals surface area contributed by atoms with E-state index in [9.17, 15) is 0 Å². The van der Waals surface area contributed by atoms with Gasteiger partial charge in [0.15, 0.2) is 0 Å². The van der Waals surface area contributed by atoms with Crippen molar-refractivity contribution in [2.45, 2.75) is 0 Å². The molecule has 6 aromatic rings. The van der Waals surface area contributed by atoms with Gasteiger partial charge in [0.2, 0.25) is 0 Å². The molecule has 0 unspecified atom stereocenters. The van der Waals surface area contributed by atoms with Crippen molar-refractivity contribution in [1.82, 2.24) is 19.9 Å². The van der Waals surface area contributed by atoms with E-state index in [4.69, 9.17) is 0 Å². The molecule has 0 aliphatic rings. The topological polar surface area (TPSA) is 51.6 Å². The second-order valence-electron chi connectivity index (χ2n) is 7.24. The number of hydrogen-bond donors (Lipinski definition) is 0. The Kier molecular flexibility index (Phi) is 14.3. The predicted molar refractivity (Wildman–Crippen MR) is 142 cm³/mol. The van der Waals surface area contributed by atoms with Crippen LogP contribution in [0.2, 0.25) is 0 Å². The molecule has 0 atom stereocenters. The Hall–Kier alpha value is -3.66. The predicted octanol–water partition coefficient (Wildman–Crippen LogP) is 6.84. The van der Waals surface area contributed by atoms with Crippen molar-refractivity contribution in [3.05, 3.63) is 158 Å². The van der Waals surface area contributed by atoms with Gasteiger partial charge in [0.05, 0.1) is 0 Å². The van der Waals surface area contributed by atoms with E-state index >= 15 is 0 Å². The van der Waals surface area contributed by atoms with Crippen molar-refractivity contribution in [2.24, 2.45) is 0 Å². The van der Waals surface area contributed by atoms with E-state index in [0.29, 0.717) is 5.82 Å². The summed E-state index contributed by atoms with van der Waals surface area (Å²) < 4.78 is 0. The molecule has 0 bridgehead atoms. The molecule has 4 nitrogen and oxygen atoms in total. The maximum absolute atomic E-state index is 4.22. The average molecular weight is 847 g/mol. The Morgan fingerprint density at radius 2 is 0.842 bits per heavy atom. The Bertz CT molecular complexity index is 1100. The molecule has 0 amide bonds. The molecular weight excluding hydrogens is 825 g/mol. The van der Waals surface area contributed by atoms with Gasteiger partial charge in [-0.25, -0.2) is 23.8 Å². The summed E-state index contributed by atoms with van der Waals surface area (Å²) in [7, 11) is 0. The van der Waals surface area contributed by atoms with Gasteiger partial charge in [-0.05, 0) is 35.4 Å². The van der Waals surface area contributed by atoms with E-state index in [1.807, 2.05) is 103 Å². The van der Waals surface area contributed by atoms with Crippen LogP contribution in [0.3, 0.4) is 0 Å². The molecule has 192 valence electrons. The molecule has 38 heavy (non-hydrogen) atoms. The minimum atomic E-state index is 0. The smallest absolute Gasteiger partial charge is 0.0160 e. The van der Waals surface area contributed by atoms with Crippen LogP contribution in [-0.4, -0.2) is 19.9 Å². The maximum atomic E-state index is 4.22. The third-order valence-corrected chi connectivity index (χ3v) is 4.74. The van der Waals surface area contributed by atoms with Crippen LogP contribution in [0.25, 0.3) is 33.9 Å². The van der Waals surface area contributed by atoms with Gasteiger partial charge in [-0.2, -0.15) is 0 Å². The standard InChI is InChI=1S/2C11H8N.C10H6N2.2Ir/c2*1-2-6-10(7-3-1)11-8-4-5-9-12-11;1-2-5-9(6-3-1)10-11-7-4-8-12-10;;/h2*1-6,8-9H;1-4,7-8H;;/q2*-1;-2;;. The van der Waals surface area contributed by atoms with Crippen molar-refractivity contribution >= 4 is 0 Å². The quantitative estimate of drug-likeness (QED) is 0.184. The van der Waals surface area contributed by atoms with Crippen LogP contribution in [0.4, 0.5) is 0 Å². The Morgan fingerprint density at radius 3 is 1.26 bits per heavy atom. The van der Waals surface area contributed by atoms with Gasteiger partial charge in [-0.15, -0.1) is 71.8 Å². The molecule has 3 aromatic heterocycles. The number of nitrogens with zero attached hydrogens (tertiary/aromatic N) is 4. The number of hydrogen-bond acceptors (Lipinski definition) is 4. The first kappa shape index (κ1) is 30.6. The number of aromatic nitrogens is 4. The molecule has 2 radical (unpaired) electrons. The average Bonchev–Trinajstić information content (AvgIpc) is 3.01. The fraction of sp³-hybridized carbons (Fsp3) is 0. The number of rotatable bonds is 3. The second-order valence-corrected chi connectivity index (χ2v) is 7.24. The number of pyridine rings is 2. The Morgan fingerprint density at radius 1 is 0.395 bits per heavy atom. The minimum absolute atomic E-state index is 0. The van der Waals surface area contributed by atoms with Crippen LogP contribution in [0.1, 0.15) is 0 Å². The van der Waals surface area contributed by atoms with Gasteiger partial charge in [0.25, 0.3) is 0 Å². The zero-order valence-electron chi connectivity index (χ0n) is 20.2. The molecular formula is C32H22Ir2N4-4. The van der Waals surface area contributed by atoms with E-state index < -0.39 is 0 Å². The van der Waals surface area contributed by atoms with Crippen LogP contribution >= 0.6 is 0 Å². The van der Waals surface area contributed by atoms with Crippen molar-refractivity contribution < 1.29 is 40.2 Å². The van der Waals surface area contributed by atoms with E-state index in [1.165, 1.54) is 0 Å². The first-order valence-corrected chi connectivity index (χ1v) is 11.3. The van der Waals surface area contributed by atoms with Gasteiger partial charge in [0.1, 0.15) is 0 Å².